The third-order valence-corrected chi connectivity index (χ3v) is 4.79. The Morgan fingerprint density at radius 1 is 1.00 bits per heavy atom. The Bertz CT molecular complexity index is 1190. The summed E-state index contributed by atoms with van der Waals surface area (Å²) in [5.74, 6) is -0.198. The fourth-order valence-electron chi connectivity index (χ4n) is 3.27. The standard InChI is InChI=1S/C23H20N4O/c1-14-11-16-9-10-26-21(16)13-18(14)23(28)27-17-7-8-20(24)19(12-17)22(25)15-5-3-2-4-6-15/h2-13,25-26H,24H2,1H3,(H,27,28). The second-order valence-electron chi connectivity index (χ2n) is 6.73. The highest BCUT2D eigenvalue weighted by Crippen LogP contribution is 2.23. The van der Waals surface area contributed by atoms with Crippen molar-refractivity contribution in [1.29, 1.82) is 5.41 Å². The second kappa shape index (κ2) is 7.04. The van der Waals surface area contributed by atoms with Crippen molar-refractivity contribution < 1.29 is 4.79 Å². The average molecular weight is 368 g/mol. The highest BCUT2D eigenvalue weighted by Gasteiger charge is 2.14. The number of rotatable bonds is 4. The number of H-pyrrole nitrogens is 1. The number of fused-ring (bicyclic) bond motifs is 1. The third kappa shape index (κ3) is 3.25. The number of carbonyl (C=O) groups is 1. The van der Waals surface area contributed by atoms with Crippen molar-refractivity contribution in [2.24, 2.45) is 0 Å². The van der Waals surface area contributed by atoms with Crippen molar-refractivity contribution in [3.05, 3.63) is 95.2 Å². The molecule has 3 aromatic carbocycles. The van der Waals surface area contributed by atoms with Gasteiger partial charge in [-0.25, -0.2) is 0 Å². The number of aromatic amines is 1. The van der Waals surface area contributed by atoms with Gasteiger partial charge in [0, 0.05) is 39.8 Å². The minimum atomic E-state index is -0.198. The van der Waals surface area contributed by atoms with Crippen molar-refractivity contribution >= 4 is 33.9 Å². The molecular formula is C23H20N4O. The van der Waals surface area contributed by atoms with Crippen LogP contribution < -0.4 is 11.1 Å². The van der Waals surface area contributed by atoms with E-state index in [-0.39, 0.29) is 5.91 Å². The van der Waals surface area contributed by atoms with E-state index in [1.165, 1.54) is 0 Å². The largest absolute Gasteiger partial charge is 0.398 e. The van der Waals surface area contributed by atoms with E-state index < -0.39 is 0 Å². The zero-order chi connectivity index (χ0) is 19.7. The molecular weight excluding hydrogens is 348 g/mol. The van der Waals surface area contributed by atoms with E-state index in [0.29, 0.717) is 28.2 Å². The monoisotopic (exact) mass is 368 g/mol. The van der Waals surface area contributed by atoms with Crippen molar-refractivity contribution in [1.82, 2.24) is 4.98 Å². The fourth-order valence-corrected chi connectivity index (χ4v) is 3.27. The van der Waals surface area contributed by atoms with Gasteiger partial charge in [-0.3, -0.25) is 10.2 Å². The van der Waals surface area contributed by atoms with Gasteiger partial charge in [0.2, 0.25) is 0 Å². The first kappa shape index (κ1) is 17.5. The number of nitrogens with two attached hydrogens (primary N) is 1. The minimum absolute atomic E-state index is 0.198. The zero-order valence-corrected chi connectivity index (χ0v) is 15.4. The van der Waals surface area contributed by atoms with Crippen LogP contribution in [-0.2, 0) is 0 Å². The number of hydrogen-bond acceptors (Lipinski definition) is 3. The maximum atomic E-state index is 12.8. The molecule has 0 saturated heterocycles. The van der Waals surface area contributed by atoms with Gasteiger partial charge in [-0.15, -0.1) is 0 Å². The summed E-state index contributed by atoms with van der Waals surface area (Å²) in [5, 5.41) is 12.5. The highest BCUT2D eigenvalue weighted by atomic mass is 16.1. The van der Waals surface area contributed by atoms with Gasteiger partial charge in [0.25, 0.3) is 5.91 Å². The lowest BCUT2D eigenvalue weighted by atomic mass is 10.00. The van der Waals surface area contributed by atoms with E-state index in [1.807, 2.05) is 61.7 Å². The van der Waals surface area contributed by atoms with E-state index in [1.54, 1.807) is 18.2 Å². The van der Waals surface area contributed by atoms with E-state index in [0.717, 1.165) is 22.0 Å². The minimum Gasteiger partial charge on any atom is -0.398 e. The van der Waals surface area contributed by atoms with Gasteiger partial charge >= 0.3 is 0 Å². The number of benzene rings is 3. The Morgan fingerprint density at radius 2 is 1.79 bits per heavy atom. The van der Waals surface area contributed by atoms with Gasteiger partial charge in [-0.2, -0.15) is 0 Å². The van der Waals surface area contributed by atoms with Crippen molar-refractivity contribution in [3.63, 3.8) is 0 Å². The summed E-state index contributed by atoms with van der Waals surface area (Å²) in [6.07, 6.45) is 1.85. The van der Waals surface area contributed by atoms with Crippen LogP contribution in [-0.4, -0.2) is 16.6 Å². The number of nitrogen functional groups attached to an aromatic ring is 1. The molecule has 0 radical (unpaired) electrons. The van der Waals surface area contributed by atoms with Gasteiger partial charge in [-0.05, 0) is 54.3 Å². The smallest absolute Gasteiger partial charge is 0.256 e. The highest BCUT2D eigenvalue weighted by molar-refractivity contribution is 6.15. The molecule has 0 bridgehead atoms. The Balaban J connectivity index is 1.63. The van der Waals surface area contributed by atoms with Crippen LogP contribution in [0.3, 0.4) is 0 Å². The number of nitrogens with one attached hydrogen (secondary N) is 3. The zero-order valence-electron chi connectivity index (χ0n) is 15.4. The fraction of sp³-hybridized carbons (Fsp3) is 0.0435. The Morgan fingerprint density at radius 3 is 2.57 bits per heavy atom. The second-order valence-corrected chi connectivity index (χ2v) is 6.73. The molecule has 0 unspecified atom stereocenters. The molecule has 0 fully saturated rings. The van der Waals surface area contributed by atoms with Crippen molar-refractivity contribution in [3.8, 4) is 0 Å². The number of aryl methyl sites for hydroxylation is 1. The van der Waals surface area contributed by atoms with Crippen LogP contribution >= 0.6 is 0 Å². The van der Waals surface area contributed by atoms with Crippen molar-refractivity contribution in [2.45, 2.75) is 6.92 Å². The topological polar surface area (TPSA) is 94.8 Å². The predicted molar refractivity (Wildman–Crippen MR) is 114 cm³/mol. The number of hydrogen-bond donors (Lipinski definition) is 4. The maximum absolute atomic E-state index is 12.8. The van der Waals surface area contributed by atoms with Crippen LogP contribution in [0.15, 0.2) is 72.9 Å². The van der Waals surface area contributed by atoms with E-state index in [2.05, 4.69) is 10.3 Å². The Labute approximate surface area is 162 Å². The molecule has 1 aromatic heterocycles. The Kier molecular flexibility index (Phi) is 4.41. The van der Waals surface area contributed by atoms with Gasteiger partial charge in [0.15, 0.2) is 0 Å². The third-order valence-electron chi connectivity index (χ3n) is 4.79. The molecule has 5 heteroatoms. The molecule has 28 heavy (non-hydrogen) atoms. The summed E-state index contributed by atoms with van der Waals surface area (Å²) in [5.41, 5.74) is 11.3. The Hall–Kier alpha value is -3.86. The lowest BCUT2D eigenvalue weighted by Gasteiger charge is -2.12. The van der Waals surface area contributed by atoms with Crippen LogP contribution in [0.2, 0.25) is 0 Å². The summed E-state index contributed by atoms with van der Waals surface area (Å²) < 4.78 is 0. The quantitative estimate of drug-likeness (QED) is 0.310. The average Bonchev–Trinajstić information content (AvgIpc) is 3.16. The summed E-state index contributed by atoms with van der Waals surface area (Å²) in [7, 11) is 0. The molecule has 0 spiro atoms. The number of amides is 1. The SMILES string of the molecule is Cc1cc2cc[nH]c2cc1C(=O)Nc1ccc(N)c(C(=N)c2ccccc2)c1. The molecule has 4 rings (SSSR count). The lowest BCUT2D eigenvalue weighted by molar-refractivity contribution is 0.102. The maximum Gasteiger partial charge on any atom is 0.256 e. The molecule has 5 N–H and O–H groups in total. The van der Waals surface area contributed by atoms with Crippen LogP contribution in [0.5, 0.6) is 0 Å². The molecule has 0 aliphatic heterocycles. The molecule has 1 amide bonds. The molecule has 5 nitrogen and oxygen atoms in total. The molecule has 1 heterocycles. The first-order valence-electron chi connectivity index (χ1n) is 8.96. The van der Waals surface area contributed by atoms with Crippen LogP contribution in [0.25, 0.3) is 10.9 Å². The van der Waals surface area contributed by atoms with Gasteiger partial charge < -0.3 is 16.0 Å². The molecule has 0 aliphatic rings. The summed E-state index contributed by atoms with van der Waals surface area (Å²) in [4.78, 5) is 16.0. The summed E-state index contributed by atoms with van der Waals surface area (Å²) in [6.45, 7) is 1.92. The van der Waals surface area contributed by atoms with E-state index >= 15 is 0 Å². The first-order chi connectivity index (χ1) is 13.5. The number of anilines is 2. The van der Waals surface area contributed by atoms with Gasteiger partial charge in [0.05, 0.1) is 5.71 Å². The molecule has 0 saturated carbocycles. The van der Waals surface area contributed by atoms with Crippen molar-refractivity contribution in [2.75, 3.05) is 11.1 Å². The van der Waals surface area contributed by atoms with Gasteiger partial charge in [0.1, 0.15) is 0 Å². The summed E-state index contributed by atoms with van der Waals surface area (Å²) >= 11 is 0. The first-order valence-corrected chi connectivity index (χ1v) is 8.96. The molecule has 4 aromatic rings. The van der Waals surface area contributed by atoms with E-state index in [9.17, 15) is 4.79 Å². The predicted octanol–water partition coefficient (Wildman–Crippen LogP) is 4.73. The van der Waals surface area contributed by atoms with E-state index in [4.69, 9.17) is 11.1 Å². The number of aromatic nitrogens is 1. The van der Waals surface area contributed by atoms with Gasteiger partial charge in [-0.1, -0.05) is 30.3 Å². The molecule has 138 valence electrons. The van der Waals surface area contributed by atoms with Crippen LogP contribution in [0.4, 0.5) is 11.4 Å². The van der Waals surface area contributed by atoms with Crippen LogP contribution in [0.1, 0.15) is 27.0 Å². The summed E-state index contributed by atoms with van der Waals surface area (Å²) in [6, 6.07) is 20.4. The molecule has 0 aliphatic carbocycles. The van der Waals surface area contributed by atoms with Crippen LogP contribution in [0, 0.1) is 12.3 Å². The molecule has 0 atom stereocenters. The normalized spacial score (nSPS) is 10.8. The lowest BCUT2D eigenvalue weighted by Crippen LogP contribution is -2.14. The number of carbonyl (C=O) groups excluding carboxylic acids is 1.